The van der Waals surface area contributed by atoms with Gasteiger partial charge in [-0.05, 0) is 44.9 Å². The van der Waals surface area contributed by atoms with Gasteiger partial charge in [0.05, 0.1) is 36.8 Å². The van der Waals surface area contributed by atoms with E-state index in [0.717, 1.165) is 5.06 Å². The maximum atomic E-state index is 15.5. The summed E-state index contributed by atoms with van der Waals surface area (Å²) in [6.45, 7) is 5.10. The standard InChI is InChI=1S/C28H32F3N5O5S/c1-5-40-25(37)20-18(11-35-14-28(30,31)22-19(35)12-41-36(22)13-27(3,4)26(38)39)33-23(24-32-9-10-42-24)34-21(20)16-7-6-8-17(29)15(16)2/h6-10,19,21-22H,5,11-14H2,1-4H3,(H,33,34)(H,38,39). The number of thiazole rings is 1. The van der Waals surface area contributed by atoms with Gasteiger partial charge in [-0.15, -0.1) is 11.3 Å². The third-order valence-corrected chi connectivity index (χ3v) is 8.53. The molecule has 3 aliphatic heterocycles. The van der Waals surface area contributed by atoms with Crippen LogP contribution in [0.15, 0.2) is 46.0 Å². The van der Waals surface area contributed by atoms with Crippen molar-refractivity contribution in [3.8, 4) is 0 Å². The number of nitrogens with one attached hydrogen (secondary N) is 1. The lowest BCUT2D eigenvalue weighted by Gasteiger charge is -2.31. The molecule has 2 saturated heterocycles. The smallest absolute Gasteiger partial charge is 0.338 e. The lowest BCUT2D eigenvalue weighted by molar-refractivity contribution is -0.199. The van der Waals surface area contributed by atoms with Crippen molar-refractivity contribution in [3.05, 3.63) is 63.0 Å². The van der Waals surface area contributed by atoms with E-state index in [1.54, 1.807) is 31.5 Å². The van der Waals surface area contributed by atoms with E-state index >= 15 is 8.78 Å². The molecule has 3 aliphatic rings. The van der Waals surface area contributed by atoms with Gasteiger partial charge in [0.15, 0.2) is 10.8 Å². The molecule has 0 radical (unpaired) electrons. The van der Waals surface area contributed by atoms with Gasteiger partial charge in [-0.3, -0.25) is 19.5 Å². The lowest BCUT2D eigenvalue weighted by Crippen LogP contribution is -2.49. The molecular weight excluding hydrogens is 575 g/mol. The Morgan fingerprint density at radius 3 is 2.76 bits per heavy atom. The van der Waals surface area contributed by atoms with Gasteiger partial charge in [0.2, 0.25) is 0 Å². The first-order chi connectivity index (χ1) is 19.8. The van der Waals surface area contributed by atoms with E-state index in [0.29, 0.717) is 22.0 Å². The summed E-state index contributed by atoms with van der Waals surface area (Å²) < 4.78 is 51.1. The first kappa shape index (κ1) is 30.1. The molecule has 1 aromatic carbocycles. The van der Waals surface area contributed by atoms with Crippen LogP contribution in [0.2, 0.25) is 0 Å². The molecule has 14 heteroatoms. The number of hydrogen-bond acceptors (Lipinski definition) is 10. The van der Waals surface area contributed by atoms with E-state index < -0.39 is 53.8 Å². The zero-order chi connectivity index (χ0) is 30.4. The Labute approximate surface area is 244 Å². The van der Waals surface area contributed by atoms with E-state index in [9.17, 15) is 19.1 Å². The number of aliphatic imine (C=N–C) groups is 1. The maximum Gasteiger partial charge on any atom is 0.338 e. The monoisotopic (exact) mass is 607 g/mol. The van der Waals surface area contributed by atoms with Gasteiger partial charge in [-0.25, -0.2) is 22.9 Å². The fourth-order valence-electron chi connectivity index (χ4n) is 5.56. The second kappa shape index (κ2) is 11.4. The third-order valence-electron chi connectivity index (χ3n) is 7.75. The number of alkyl halides is 2. The molecule has 226 valence electrons. The van der Waals surface area contributed by atoms with Crippen molar-refractivity contribution in [2.24, 2.45) is 10.4 Å². The number of esters is 1. The van der Waals surface area contributed by atoms with Gasteiger partial charge in [-0.2, -0.15) is 5.06 Å². The van der Waals surface area contributed by atoms with E-state index in [-0.39, 0.29) is 37.6 Å². The summed E-state index contributed by atoms with van der Waals surface area (Å²) in [5, 5.41) is 16.0. The number of amidine groups is 1. The number of hydrogen-bond donors (Lipinski definition) is 2. The highest BCUT2D eigenvalue weighted by molar-refractivity contribution is 7.11. The minimum atomic E-state index is -3.24. The summed E-state index contributed by atoms with van der Waals surface area (Å²) in [6, 6.07) is 1.33. The van der Waals surface area contributed by atoms with Crippen LogP contribution in [0.4, 0.5) is 13.2 Å². The van der Waals surface area contributed by atoms with Crippen LogP contribution in [0.1, 0.15) is 42.9 Å². The lowest BCUT2D eigenvalue weighted by atomic mass is 9.92. The summed E-state index contributed by atoms with van der Waals surface area (Å²) in [6.07, 6.45) is 1.59. The molecule has 0 bridgehead atoms. The minimum absolute atomic E-state index is 0.0577. The largest absolute Gasteiger partial charge is 0.481 e. The average molecular weight is 608 g/mol. The van der Waals surface area contributed by atoms with Crippen molar-refractivity contribution in [1.29, 1.82) is 0 Å². The number of halogens is 3. The van der Waals surface area contributed by atoms with Gasteiger partial charge < -0.3 is 15.2 Å². The van der Waals surface area contributed by atoms with Gasteiger partial charge in [0, 0.05) is 30.4 Å². The second-order valence-corrected chi connectivity index (χ2v) is 12.0. The number of likely N-dealkylation sites (tertiary alicyclic amines) is 1. The zero-order valence-electron chi connectivity index (χ0n) is 23.6. The topological polar surface area (TPSA) is 117 Å². The molecule has 2 aromatic rings. The first-order valence-electron chi connectivity index (χ1n) is 13.5. The molecule has 0 saturated carbocycles. The average Bonchev–Trinajstić information content (AvgIpc) is 3.65. The molecule has 2 N–H and O–H groups in total. The minimum Gasteiger partial charge on any atom is -0.481 e. The van der Waals surface area contributed by atoms with Crippen molar-refractivity contribution in [2.45, 2.75) is 51.7 Å². The van der Waals surface area contributed by atoms with Crippen LogP contribution in [0.25, 0.3) is 0 Å². The summed E-state index contributed by atoms with van der Waals surface area (Å²) in [5.41, 5.74) is -0.232. The van der Waals surface area contributed by atoms with Crippen molar-refractivity contribution in [2.75, 3.05) is 32.8 Å². The Hall–Kier alpha value is -3.33. The van der Waals surface area contributed by atoms with Gasteiger partial charge in [-0.1, -0.05) is 12.1 Å². The Bertz CT molecular complexity index is 1430. The van der Waals surface area contributed by atoms with Crippen molar-refractivity contribution in [1.82, 2.24) is 20.3 Å². The van der Waals surface area contributed by atoms with Crippen molar-refractivity contribution in [3.63, 3.8) is 0 Å². The number of fused-ring (bicyclic) bond motifs is 1. The number of aromatic nitrogens is 1. The highest BCUT2D eigenvalue weighted by Crippen LogP contribution is 2.43. The van der Waals surface area contributed by atoms with Crippen molar-refractivity contribution >= 4 is 29.1 Å². The number of hydroxylamine groups is 2. The molecule has 2 fully saturated rings. The van der Waals surface area contributed by atoms with Crippen LogP contribution < -0.4 is 5.32 Å². The molecule has 1 aromatic heterocycles. The highest BCUT2D eigenvalue weighted by Gasteiger charge is 2.61. The van der Waals surface area contributed by atoms with E-state index in [1.165, 1.54) is 42.2 Å². The van der Waals surface area contributed by atoms with Gasteiger partial charge in [0.1, 0.15) is 17.9 Å². The Morgan fingerprint density at radius 1 is 1.33 bits per heavy atom. The molecule has 0 amide bonds. The van der Waals surface area contributed by atoms with Crippen molar-refractivity contribution < 1.29 is 37.4 Å². The van der Waals surface area contributed by atoms with Crippen LogP contribution in [0.3, 0.4) is 0 Å². The van der Waals surface area contributed by atoms with Crippen LogP contribution in [-0.2, 0) is 19.2 Å². The zero-order valence-corrected chi connectivity index (χ0v) is 24.4. The van der Waals surface area contributed by atoms with Crippen LogP contribution in [-0.4, -0.2) is 88.7 Å². The Morgan fingerprint density at radius 2 is 2.10 bits per heavy atom. The number of aliphatic carboxylic acids is 1. The van der Waals surface area contributed by atoms with Crippen LogP contribution in [0, 0.1) is 18.2 Å². The summed E-state index contributed by atoms with van der Waals surface area (Å²) in [7, 11) is 0. The quantitative estimate of drug-likeness (QED) is 0.413. The van der Waals surface area contributed by atoms with Crippen LogP contribution in [0.5, 0.6) is 0 Å². The Balaban J connectivity index is 1.55. The molecule has 4 heterocycles. The van der Waals surface area contributed by atoms with E-state index in [1.807, 2.05) is 0 Å². The predicted octanol–water partition coefficient (Wildman–Crippen LogP) is 3.55. The van der Waals surface area contributed by atoms with E-state index in [2.05, 4.69) is 10.3 Å². The second-order valence-electron chi connectivity index (χ2n) is 11.1. The molecule has 3 unspecified atom stereocenters. The number of nitrogens with zero attached hydrogens (tertiary/aromatic N) is 4. The van der Waals surface area contributed by atoms with Gasteiger partial charge >= 0.3 is 11.9 Å². The number of rotatable bonds is 9. The summed E-state index contributed by atoms with van der Waals surface area (Å²) >= 11 is 1.30. The normalized spacial score (nSPS) is 24.4. The molecule has 0 aliphatic carbocycles. The first-order valence-corrected chi connectivity index (χ1v) is 14.4. The molecule has 3 atom stereocenters. The number of carbonyl (C=O) groups is 2. The number of carbonyl (C=O) groups excluding carboxylic acids is 1. The SMILES string of the molecule is CCOC(=O)C1=C(CN2CC(F)(F)C3C2CON3CC(C)(C)C(=O)O)NC(c2nccs2)=NC1c1cccc(F)c1C. The molecule has 5 rings (SSSR count). The maximum absolute atomic E-state index is 15.5. The summed E-state index contributed by atoms with van der Waals surface area (Å²) in [4.78, 5) is 41.3. The molecule has 10 nitrogen and oxygen atoms in total. The third kappa shape index (κ3) is 5.55. The summed E-state index contributed by atoms with van der Waals surface area (Å²) in [5.74, 6) is -5.23. The fraction of sp³-hybridized carbons (Fsp3) is 0.500. The number of carboxylic acid groups (broad SMARTS) is 1. The predicted molar refractivity (Wildman–Crippen MR) is 147 cm³/mol. The van der Waals surface area contributed by atoms with Crippen LogP contribution >= 0.6 is 11.3 Å². The van der Waals surface area contributed by atoms with E-state index in [4.69, 9.17) is 14.6 Å². The number of ether oxygens (including phenoxy) is 1. The molecule has 42 heavy (non-hydrogen) atoms. The van der Waals surface area contributed by atoms with Gasteiger partial charge in [0.25, 0.3) is 5.92 Å². The molecule has 0 spiro atoms. The highest BCUT2D eigenvalue weighted by atomic mass is 32.1. The fourth-order valence-corrected chi connectivity index (χ4v) is 6.14. The molecular formula is C28H32F3N5O5S. The number of benzene rings is 1. The Kier molecular flexibility index (Phi) is 8.18. The number of carboxylic acids is 1.